The molecule has 1 heterocycles. The summed E-state index contributed by atoms with van der Waals surface area (Å²) >= 11 is 0. The Labute approximate surface area is 65.7 Å². The lowest BCUT2D eigenvalue weighted by Gasteiger charge is -2.20. The second-order valence-corrected chi connectivity index (χ2v) is 3.25. The standard InChI is InChI=1S/C8H12O3/c1-5(9)11-7-2-3-10-8-4-6(7)8/h6-8H,2-4H2,1H3. The summed E-state index contributed by atoms with van der Waals surface area (Å²) in [6, 6.07) is 0. The van der Waals surface area contributed by atoms with Crippen LogP contribution in [0.2, 0.25) is 0 Å². The van der Waals surface area contributed by atoms with Crippen LogP contribution in [0.3, 0.4) is 0 Å². The zero-order valence-electron chi connectivity index (χ0n) is 6.58. The van der Waals surface area contributed by atoms with Crippen LogP contribution < -0.4 is 0 Å². The maximum Gasteiger partial charge on any atom is 0.302 e. The van der Waals surface area contributed by atoms with Crippen LogP contribution in [-0.2, 0) is 14.3 Å². The summed E-state index contributed by atoms with van der Waals surface area (Å²) in [6.45, 7) is 2.21. The van der Waals surface area contributed by atoms with Gasteiger partial charge in [-0.1, -0.05) is 0 Å². The van der Waals surface area contributed by atoms with Crippen molar-refractivity contribution in [2.45, 2.75) is 32.0 Å². The van der Waals surface area contributed by atoms with E-state index in [1.807, 2.05) is 0 Å². The lowest BCUT2D eigenvalue weighted by atomic mass is 10.1. The van der Waals surface area contributed by atoms with Crippen molar-refractivity contribution in [3.8, 4) is 0 Å². The number of carbonyl (C=O) groups excluding carboxylic acids is 1. The summed E-state index contributed by atoms with van der Waals surface area (Å²) in [5.74, 6) is 0.343. The van der Waals surface area contributed by atoms with Gasteiger partial charge in [-0.2, -0.15) is 0 Å². The van der Waals surface area contributed by atoms with E-state index < -0.39 is 0 Å². The first-order chi connectivity index (χ1) is 5.27. The van der Waals surface area contributed by atoms with Crippen molar-refractivity contribution < 1.29 is 14.3 Å². The van der Waals surface area contributed by atoms with Gasteiger partial charge < -0.3 is 9.47 Å². The van der Waals surface area contributed by atoms with Crippen molar-refractivity contribution in [3.05, 3.63) is 0 Å². The third kappa shape index (κ3) is 1.38. The average Bonchev–Trinajstić information content (AvgIpc) is 2.65. The molecule has 2 aliphatic rings. The smallest absolute Gasteiger partial charge is 0.302 e. The van der Waals surface area contributed by atoms with E-state index in [4.69, 9.17) is 9.47 Å². The van der Waals surface area contributed by atoms with E-state index in [9.17, 15) is 4.79 Å². The van der Waals surface area contributed by atoms with Crippen LogP contribution >= 0.6 is 0 Å². The van der Waals surface area contributed by atoms with E-state index in [-0.39, 0.29) is 12.1 Å². The summed E-state index contributed by atoms with van der Waals surface area (Å²) in [4.78, 5) is 10.6. The fourth-order valence-electron chi connectivity index (χ4n) is 1.68. The molecule has 0 aromatic rings. The molecular weight excluding hydrogens is 144 g/mol. The first kappa shape index (κ1) is 7.10. The second kappa shape index (κ2) is 2.48. The summed E-state index contributed by atoms with van der Waals surface area (Å²) in [6.07, 6.45) is 2.50. The van der Waals surface area contributed by atoms with Crippen LogP contribution in [0.25, 0.3) is 0 Å². The molecule has 1 aliphatic carbocycles. The van der Waals surface area contributed by atoms with Crippen molar-refractivity contribution >= 4 is 5.97 Å². The van der Waals surface area contributed by atoms with E-state index in [0.717, 1.165) is 19.4 Å². The Hall–Kier alpha value is -0.570. The maximum atomic E-state index is 10.6. The highest BCUT2D eigenvalue weighted by molar-refractivity contribution is 5.66. The number of hydrogen-bond acceptors (Lipinski definition) is 3. The molecule has 0 aromatic carbocycles. The molecule has 1 saturated heterocycles. The highest BCUT2D eigenvalue weighted by Crippen LogP contribution is 2.42. The van der Waals surface area contributed by atoms with E-state index in [1.165, 1.54) is 6.92 Å². The third-order valence-electron chi connectivity index (χ3n) is 2.31. The summed E-state index contributed by atoms with van der Waals surface area (Å²) in [7, 11) is 0. The maximum absolute atomic E-state index is 10.6. The Balaban J connectivity index is 1.88. The van der Waals surface area contributed by atoms with Gasteiger partial charge in [0.1, 0.15) is 6.10 Å². The summed E-state index contributed by atoms with van der Waals surface area (Å²) in [5.41, 5.74) is 0. The van der Waals surface area contributed by atoms with Crippen LogP contribution in [0.5, 0.6) is 0 Å². The molecule has 2 rings (SSSR count). The van der Waals surface area contributed by atoms with Crippen LogP contribution in [0.1, 0.15) is 19.8 Å². The van der Waals surface area contributed by atoms with Crippen LogP contribution in [0, 0.1) is 5.92 Å². The Bertz CT molecular complexity index is 178. The average molecular weight is 156 g/mol. The summed E-state index contributed by atoms with van der Waals surface area (Å²) < 4.78 is 10.5. The van der Waals surface area contributed by atoms with Crippen LogP contribution in [0.4, 0.5) is 0 Å². The minimum atomic E-state index is -0.164. The van der Waals surface area contributed by atoms with Gasteiger partial charge in [0.25, 0.3) is 0 Å². The zero-order chi connectivity index (χ0) is 7.84. The number of rotatable bonds is 1. The molecule has 0 aromatic heterocycles. The molecule has 3 heteroatoms. The van der Waals surface area contributed by atoms with E-state index >= 15 is 0 Å². The normalized spacial score (nSPS) is 41.0. The topological polar surface area (TPSA) is 35.5 Å². The quantitative estimate of drug-likeness (QED) is 0.525. The minimum absolute atomic E-state index is 0.145. The molecule has 0 amide bonds. The van der Waals surface area contributed by atoms with Gasteiger partial charge in [0, 0.05) is 19.3 Å². The Morgan fingerprint density at radius 2 is 2.45 bits per heavy atom. The lowest BCUT2D eigenvalue weighted by molar-refractivity contribution is -0.151. The zero-order valence-corrected chi connectivity index (χ0v) is 6.58. The van der Waals surface area contributed by atoms with Gasteiger partial charge in [0.15, 0.2) is 0 Å². The molecule has 0 bridgehead atoms. The fraction of sp³-hybridized carbons (Fsp3) is 0.875. The fourth-order valence-corrected chi connectivity index (χ4v) is 1.68. The SMILES string of the molecule is CC(=O)OC1CCOC2CC21. The van der Waals surface area contributed by atoms with Crippen molar-refractivity contribution in [1.29, 1.82) is 0 Å². The Morgan fingerprint density at radius 3 is 3.18 bits per heavy atom. The van der Waals surface area contributed by atoms with Gasteiger partial charge >= 0.3 is 5.97 Å². The van der Waals surface area contributed by atoms with Crippen molar-refractivity contribution in [2.24, 2.45) is 5.92 Å². The van der Waals surface area contributed by atoms with Crippen molar-refractivity contribution in [1.82, 2.24) is 0 Å². The highest BCUT2D eigenvalue weighted by atomic mass is 16.6. The number of esters is 1. The minimum Gasteiger partial charge on any atom is -0.462 e. The molecule has 0 N–H and O–H groups in total. The molecule has 2 fully saturated rings. The van der Waals surface area contributed by atoms with E-state index in [1.54, 1.807) is 0 Å². The van der Waals surface area contributed by atoms with E-state index in [2.05, 4.69) is 0 Å². The Kier molecular flexibility index (Phi) is 1.60. The predicted octanol–water partition coefficient (Wildman–Crippen LogP) is 0.727. The predicted molar refractivity (Wildman–Crippen MR) is 38.0 cm³/mol. The number of ether oxygens (including phenoxy) is 2. The molecule has 3 unspecified atom stereocenters. The van der Waals surface area contributed by atoms with Gasteiger partial charge in [-0.05, 0) is 6.42 Å². The molecule has 11 heavy (non-hydrogen) atoms. The van der Waals surface area contributed by atoms with Gasteiger partial charge in [-0.25, -0.2) is 0 Å². The third-order valence-corrected chi connectivity index (χ3v) is 2.31. The van der Waals surface area contributed by atoms with Gasteiger partial charge in [-0.3, -0.25) is 4.79 Å². The largest absolute Gasteiger partial charge is 0.462 e. The highest BCUT2D eigenvalue weighted by Gasteiger charge is 2.48. The van der Waals surface area contributed by atoms with Crippen LogP contribution in [0.15, 0.2) is 0 Å². The molecule has 0 radical (unpaired) electrons. The first-order valence-electron chi connectivity index (χ1n) is 4.06. The Morgan fingerprint density at radius 1 is 1.64 bits per heavy atom. The van der Waals surface area contributed by atoms with Crippen molar-refractivity contribution in [2.75, 3.05) is 6.61 Å². The monoisotopic (exact) mass is 156 g/mol. The second-order valence-electron chi connectivity index (χ2n) is 3.25. The molecule has 1 aliphatic heterocycles. The molecule has 3 nitrogen and oxygen atoms in total. The number of carbonyl (C=O) groups is 1. The van der Waals surface area contributed by atoms with Crippen LogP contribution in [-0.4, -0.2) is 24.8 Å². The van der Waals surface area contributed by atoms with Gasteiger partial charge in [0.2, 0.25) is 0 Å². The number of hydrogen-bond donors (Lipinski definition) is 0. The summed E-state index contributed by atoms with van der Waals surface area (Å²) in [5, 5.41) is 0. The lowest BCUT2D eigenvalue weighted by Crippen LogP contribution is -2.26. The number of fused-ring (bicyclic) bond motifs is 1. The molecule has 1 saturated carbocycles. The van der Waals surface area contributed by atoms with Crippen molar-refractivity contribution in [3.63, 3.8) is 0 Å². The van der Waals surface area contributed by atoms with Gasteiger partial charge in [0.05, 0.1) is 12.7 Å². The molecular formula is C8H12O3. The molecule has 0 spiro atoms. The first-order valence-corrected chi connectivity index (χ1v) is 4.06. The molecule has 3 atom stereocenters. The van der Waals surface area contributed by atoms with Gasteiger partial charge in [-0.15, -0.1) is 0 Å². The molecule has 62 valence electrons. The van der Waals surface area contributed by atoms with E-state index in [0.29, 0.717) is 12.0 Å².